The number of aromatic nitrogens is 2. The van der Waals surface area contributed by atoms with Crippen LogP contribution < -0.4 is 0 Å². The molecule has 8 heavy (non-hydrogen) atoms. The van der Waals surface area contributed by atoms with Crippen LogP contribution in [0.15, 0.2) is 16.7 Å². The molecule has 0 amide bonds. The molecule has 2 aromatic rings. The summed E-state index contributed by atoms with van der Waals surface area (Å²) in [5, 5.41) is 0. The summed E-state index contributed by atoms with van der Waals surface area (Å²) in [5.74, 6) is 0. The van der Waals surface area contributed by atoms with Crippen molar-refractivity contribution in [1.29, 1.82) is 0 Å². The van der Waals surface area contributed by atoms with Crippen LogP contribution in [0.4, 0.5) is 0 Å². The third-order valence-electron chi connectivity index (χ3n) is 0.888. The SMILES string of the molecule is c1cc2nsnc2o1. The van der Waals surface area contributed by atoms with Crippen LogP contribution in [-0.4, -0.2) is 8.75 Å². The highest BCUT2D eigenvalue weighted by Gasteiger charge is 1.96. The van der Waals surface area contributed by atoms with Gasteiger partial charge in [0.1, 0.15) is 5.52 Å². The number of rotatable bonds is 0. The van der Waals surface area contributed by atoms with E-state index < -0.39 is 0 Å². The van der Waals surface area contributed by atoms with Gasteiger partial charge in [-0.25, -0.2) is 0 Å². The maximum absolute atomic E-state index is 4.89. The van der Waals surface area contributed by atoms with Crippen molar-refractivity contribution in [2.45, 2.75) is 0 Å². The Morgan fingerprint density at radius 1 is 1.50 bits per heavy atom. The quantitative estimate of drug-likeness (QED) is 0.533. The molecule has 2 aromatic heterocycles. The summed E-state index contributed by atoms with van der Waals surface area (Å²) in [7, 11) is 0. The molecule has 2 heterocycles. The average Bonchev–Trinajstić information content (AvgIpc) is 2.15. The van der Waals surface area contributed by atoms with Crippen LogP contribution >= 0.6 is 11.7 Å². The molecule has 0 saturated carbocycles. The van der Waals surface area contributed by atoms with Crippen molar-refractivity contribution < 1.29 is 4.42 Å². The molecule has 40 valence electrons. The van der Waals surface area contributed by atoms with Gasteiger partial charge in [0.25, 0.3) is 5.71 Å². The Labute approximate surface area is 49.3 Å². The van der Waals surface area contributed by atoms with E-state index in [-0.39, 0.29) is 0 Å². The normalized spacial score (nSPS) is 10.5. The van der Waals surface area contributed by atoms with Crippen LogP contribution in [-0.2, 0) is 0 Å². The summed E-state index contributed by atoms with van der Waals surface area (Å²) in [4.78, 5) is 0. The van der Waals surface area contributed by atoms with Crippen molar-refractivity contribution in [2.24, 2.45) is 0 Å². The van der Waals surface area contributed by atoms with Gasteiger partial charge in [0.15, 0.2) is 0 Å². The Balaban J connectivity index is 3.06. The molecule has 3 nitrogen and oxygen atoms in total. The zero-order valence-corrected chi connectivity index (χ0v) is 4.68. The summed E-state index contributed by atoms with van der Waals surface area (Å²) in [5.41, 5.74) is 1.48. The van der Waals surface area contributed by atoms with E-state index in [2.05, 4.69) is 8.75 Å². The van der Waals surface area contributed by atoms with Crippen LogP contribution in [0.3, 0.4) is 0 Å². The fourth-order valence-corrected chi connectivity index (χ4v) is 1.01. The highest BCUT2D eigenvalue weighted by molar-refractivity contribution is 7.00. The predicted octanol–water partition coefficient (Wildman–Crippen LogP) is 1.28. The van der Waals surface area contributed by atoms with Crippen molar-refractivity contribution in [3.63, 3.8) is 0 Å². The van der Waals surface area contributed by atoms with Crippen LogP contribution in [0.5, 0.6) is 0 Å². The van der Waals surface area contributed by atoms with Gasteiger partial charge < -0.3 is 4.42 Å². The van der Waals surface area contributed by atoms with Crippen molar-refractivity contribution in [3.05, 3.63) is 12.3 Å². The second kappa shape index (κ2) is 1.29. The average molecular weight is 126 g/mol. The summed E-state index contributed by atoms with van der Waals surface area (Å²) < 4.78 is 12.7. The Hall–Kier alpha value is -0.900. The van der Waals surface area contributed by atoms with Gasteiger partial charge in [-0.05, 0) is 0 Å². The summed E-state index contributed by atoms with van der Waals surface area (Å²) in [6.45, 7) is 0. The molecule has 0 aliphatic carbocycles. The van der Waals surface area contributed by atoms with Gasteiger partial charge in [-0.2, -0.15) is 4.37 Å². The third-order valence-corrected chi connectivity index (χ3v) is 1.41. The zero-order valence-electron chi connectivity index (χ0n) is 3.87. The maximum atomic E-state index is 4.89. The van der Waals surface area contributed by atoms with Crippen molar-refractivity contribution >= 4 is 23.0 Å². The molecule has 0 saturated heterocycles. The lowest BCUT2D eigenvalue weighted by atomic mass is 10.6. The van der Waals surface area contributed by atoms with Crippen LogP contribution in [0.25, 0.3) is 11.2 Å². The first kappa shape index (κ1) is 4.03. The number of furan rings is 1. The molecule has 2 rings (SSSR count). The monoisotopic (exact) mass is 126 g/mol. The fourth-order valence-electron chi connectivity index (χ4n) is 0.534. The van der Waals surface area contributed by atoms with Gasteiger partial charge in [-0.15, -0.1) is 4.37 Å². The molecular weight excluding hydrogens is 124 g/mol. The largest absolute Gasteiger partial charge is 0.444 e. The molecule has 0 spiro atoms. The minimum absolute atomic E-state index is 0.634. The maximum Gasteiger partial charge on any atom is 0.258 e. The van der Waals surface area contributed by atoms with Crippen LogP contribution in [0, 0.1) is 0 Å². The fraction of sp³-hybridized carbons (Fsp3) is 0. The highest BCUT2D eigenvalue weighted by Crippen LogP contribution is 2.09. The highest BCUT2D eigenvalue weighted by atomic mass is 32.1. The molecule has 4 heteroatoms. The van der Waals surface area contributed by atoms with E-state index >= 15 is 0 Å². The molecular formula is C4H2N2OS. The standard InChI is InChI=1S/C4H2N2OS/c1-2-7-4-3(1)5-8-6-4/h1-2H. The van der Waals surface area contributed by atoms with E-state index in [1.54, 1.807) is 12.3 Å². The first-order chi connectivity index (χ1) is 3.97. The van der Waals surface area contributed by atoms with Crippen molar-refractivity contribution in [2.75, 3.05) is 0 Å². The second-order valence-electron chi connectivity index (χ2n) is 1.38. The van der Waals surface area contributed by atoms with E-state index in [0.29, 0.717) is 5.71 Å². The lowest BCUT2D eigenvalue weighted by Crippen LogP contribution is -1.49. The molecule has 0 bridgehead atoms. The number of hydrogen-bond donors (Lipinski definition) is 0. The van der Waals surface area contributed by atoms with Gasteiger partial charge in [-0.1, -0.05) is 0 Å². The Morgan fingerprint density at radius 3 is 3.38 bits per heavy atom. The topological polar surface area (TPSA) is 38.9 Å². The smallest absolute Gasteiger partial charge is 0.258 e. The molecule has 0 unspecified atom stereocenters. The Kier molecular flexibility index (Phi) is 0.648. The van der Waals surface area contributed by atoms with E-state index in [1.807, 2.05) is 0 Å². The van der Waals surface area contributed by atoms with E-state index in [9.17, 15) is 0 Å². The molecule has 0 aromatic carbocycles. The second-order valence-corrected chi connectivity index (χ2v) is 1.90. The van der Waals surface area contributed by atoms with Crippen molar-refractivity contribution in [1.82, 2.24) is 8.75 Å². The number of fused-ring (bicyclic) bond motifs is 1. The van der Waals surface area contributed by atoms with Crippen molar-refractivity contribution in [3.8, 4) is 0 Å². The minimum atomic E-state index is 0.634. The minimum Gasteiger partial charge on any atom is -0.444 e. The molecule has 0 aliphatic heterocycles. The van der Waals surface area contributed by atoms with Gasteiger partial charge in [0, 0.05) is 6.07 Å². The summed E-state index contributed by atoms with van der Waals surface area (Å²) >= 11 is 1.17. The molecule has 0 radical (unpaired) electrons. The molecule has 0 aliphatic rings. The van der Waals surface area contributed by atoms with E-state index in [4.69, 9.17) is 4.42 Å². The van der Waals surface area contributed by atoms with E-state index in [0.717, 1.165) is 5.52 Å². The lowest BCUT2D eigenvalue weighted by molar-refractivity contribution is 0.607. The van der Waals surface area contributed by atoms with Gasteiger partial charge in [0.05, 0.1) is 18.0 Å². The van der Waals surface area contributed by atoms with Crippen LogP contribution in [0.2, 0.25) is 0 Å². The molecule has 0 fully saturated rings. The first-order valence-corrected chi connectivity index (χ1v) is 2.85. The van der Waals surface area contributed by atoms with Gasteiger partial charge in [-0.3, -0.25) is 0 Å². The van der Waals surface area contributed by atoms with Gasteiger partial charge in [0.2, 0.25) is 0 Å². The third kappa shape index (κ3) is 0.376. The van der Waals surface area contributed by atoms with E-state index in [1.165, 1.54) is 11.7 Å². The predicted molar refractivity (Wildman–Crippen MR) is 29.7 cm³/mol. The Morgan fingerprint density at radius 2 is 2.50 bits per heavy atom. The molecule has 0 N–H and O–H groups in total. The first-order valence-electron chi connectivity index (χ1n) is 2.12. The summed E-state index contributed by atoms with van der Waals surface area (Å²) in [6, 6.07) is 1.79. The number of hydrogen-bond acceptors (Lipinski definition) is 4. The lowest BCUT2D eigenvalue weighted by Gasteiger charge is -1.61. The zero-order chi connectivity index (χ0) is 5.40. The Bertz CT molecular complexity index is 235. The number of nitrogens with zero attached hydrogens (tertiary/aromatic N) is 2. The summed E-state index contributed by atoms with van der Waals surface area (Å²) in [6.07, 6.45) is 1.58. The van der Waals surface area contributed by atoms with Gasteiger partial charge >= 0.3 is 0 Å². The van der Waals surface area contributed by atoms with Crippen LogP contribution in [0.1, 0.15) is 0 Å². The molecule has 0 atom stereocenters.